The van der Waals surface area contributed by atoms with E-state index in [1.54, 1.807) is 0 Å². The highest BCUT2D eigenvalue weighted by Crippen LogP contribution is 2.28. The van der Waals surface area contributed by atoms with Crippen LogP contribution < -0.4 is 5.32 Å². The number of carbonyl (C=O) groups is 1. The SMILES string of the molecule is Cc1ccc(SCC(=O)Nc2cc(Cl)ccc2[N+](=O)[O-])cc1C. The third-order valence-corrected chi connectivity index (χ3v) is 4.51. The van der Waals surface area contributed by atoms with Crippen LogP contribution in [0.5, 0.6) is 0 Å². The van der Waals surface area contributed by atoms with E-state index in [4.69, 9.17) is 11.6 Å². The van der Waals surface area contributed by atoms with Gasteiger partial charge in [-0.3, -0.25) is 14.9 Å². The summed E-state index contributed by atoms with van der Waals surface area (Å²) in [6, 6.07) is 10.0. The second-order valence-corrected chi connectivity index (χ2v) is 6.49. The lowest BCUT2D eigenvalue weighted by atomic mass is 10.1. The summed E-state index contributed by atoms with van der Waals surface area (Å²) in [4.78, 5) is 23.4. The predicted molar refractivity (Wildman–Crippen MR) is 93.4 cm³/mol. The van der Waals surface area contributed by atoms with Crippen LogP contribution in [-0.2, 0) is 4.79 Å². The molecule has 0 atom stereocenters. The van der Waals surface area contributed by atoms with Gasteiger partial charge in [-0.1, -0.05) is 17.7 Å². The van der Waals surface area contributed by atoms with E-state index in [1.165, 1.54) is 35.5 Å². The van der Waals surface area contributed by atoms with Gasteiger partial charge in [0.25, 0.3) is 5.69 Å². The van der Waals surface area contributed by atoms with Crippen molar-refractivity contribution in [3.63, 3.8) is 0 Å². The van der Waals surface area contributed by atoms with E-state index in [0.29, 0.717) is 5.02 Å². The first-order valence-electron chi connectivity index (χ1n) is 6.80. The lowest BCUT2D eigenvalue weighted by molar-refractivity contribution is -0.383. The number of amides is 1. The predicted octanol–water partition coefficient (Wildman–Crippen LogP) is 4.60. The van der Waals surface area contributed by atoms with Crippen molar-refractivity contribution < 1.29 is 9.72 Å². The molecule has 2 aromatic rings. The van der Waals surface area contributed by atoms with Gasteiger partial charge < -0.3 is 5.32 Å². The Morgan fingerprint density at radius 2 is 1.96 bits per heavy atom. The van der Waals surface area contributed by atoms with Crippen molar-refractivity contribution >= 4 is 40.6 Å². The number of benzene rings is 2. The van der Waals surface area contributed by atoms with Crippen molar-refractivity contribution in [3.8, 4) is 0 Å². The van der Waals surface area contributed by atoms with Crippen LogP contribution in [-0.4, -0.2) is 16.6 Å². The van der Waals surface area contributed by atoms with Gasteiger partial charge in [0.15, 0.2) is 0 Å². The standard InChI is InChI=1S/C16H15ClN2O3S/c1-10-3-5-13(7-11(10)2)23-9-16(20)18-14-8-12(17)4-6-15(14)19(21)22/h3-8H,9H2,1-2H3,(H,18,20). The van der Waals surface area contributed by atoms with E-state index in [1.807, 2.05) is 32.0 Å². The number of anilines is 1. The Hall–Kier alpha value is -2.05. The number of halogens is 1. The largest absolute Gasteiger partial charge is 0.320 e. The van der Waals surface area contributed by atoms with Gasteiger partial charge in [0.2, 0.25) is 5.91 Å². The molecule has 0 aliphatic heterocycles. The Labute approximate surface area is 143 Å². The van der Waals surface area contributed by atoms with Gasteiger partial charge >= 0.3 is 0 Å². The van der Waals surface area contributed by atoms with Gasteiger partial charge in [-0.05, 0) is 49.2 Å². The minimum Gasteiger partial charge on any atom is -0.320 e. The minimum atomic E-state index is -0.553. The molecule has 0 aromatic heterocycles. The quantitative estimate of drug-likeness (QED) is 0.486. The van der Waals surface area contributed by atoms with Crippen LogP contribution in [0.2, 0.25) is 5.02 Å². The highest BCUT2D eigenvalue weighted by Gasteiger charge is 2.16. The Kier molecular flexibility index (Phi) is 5.63. The molecule has 5 nitrogen and oxygen atoms in total. The van der Waals surface area contributed by atoms with E-state index in [2.05, 4.69) is 5.32 Å². The molecule has 2 rings (SSSR count). The summed E-state index contributed by atoms with van der Waals surface area (Å²) in [7, 11) is 0. The molecular formula is C16H15ClN2O3S. The molecule has 7 heteroatoms. The number of rotatable bonds is 5. The molecular weight excluding hydrogens is 336 g/mol. The Morgan fingerprint density at radius 3 is 2.61 bits per heavy atom. The first kappa shape index (κ1) is 17.3. The van der Waals surface area contributed by atoms with Crippen LogP contribution in [0.25, 0.3) is 0 Å². The normalized spacial score (nSPS) is 10.4. The molecule has 0 bridgehead atoms. The molecule has 0 radical (unpaired) electrons. The summed E-state index contributed by atoms with van der Waals surface area (Å²) >= 11 is 7.21. The third kappa shape index (κ3) is 4.71. The van der Waals surface area contributed by atoms with Gasteiger partial charge in [-0.2, -0.15) is 0 Å². The Morgan fingerprint density at radius 1 is 1.22 bits per heavy atom. The van der Waals surface area contributed by atoms with Crippen LogP contribution in [0.4, 0.5) is 11.4 Å². The van der Waals surface area contributed by atoms with Crippen molar-refractivity contribution in [2.45, 2.75) is 18.7 Å². The van der Waals surface area contributed by atoms with Gasteiger partial charge in [0.1, 0.15) is 5.69 Å². The zero-order valence-electron chi connectivity index (χ0n) is 12.6. The van der Waals surface area contributed by atoms with Crippen molar-refractivity contribution in [3.05, 3.63) is 62.7 Å². The maximum Gasteiger partial charge on any atom is 0.292 e. The Balaban J connectivity index is 2.03. The summed E-state index contributed by atoms with van der Waals surface area (Å²) in [5.74, 6) is -0.162. The fourth-order valence-corrected chi connectivity index (χ4v) is 2.87. The smallest absolute Gasteiger partial charge is 0.292 e. The number of aryl methyl sites for hydroxylation is 2. The van der Waals surface area contributed by atoms with Crippen molar-refractivity contribution in [1.29, 1.82) is 0 Å². The number of hydrogen-bond acceptors (Lipinski definition) is 4. The second-order valence-electron chi connectivity index (χ2n) is 5.00. The highest BCUT2D eigenvalue weighted by molar-refractivity contribution is 8.00. The molecule has 0 unspecified atom stereocenters. The van der Waals surface area contributed by atoms with Crippen LogP contribution >= 0.6 is 23.4 Å². The molecule has 0 saturated carbocycles. The summed E-state index contributed by atoms with van der Waals surface area (Å²) in [6.07, 6.45) is 0. The molecule has 0 aliphatic rings. The van der Waals surface area contributed by atoms with Gasteiger partial charge in [-0.15, -0.1) is 11.8 Å². The summed E-state index contributed by atoms with van der Waals surface area (Å²) < 4.78 is 0. The molecule has 0 fully saturated rings. The zero-order chi connectivity index (χ0) is 17.0. The molecule has 2 aromatic carbocycles. The van der Waals surface area contributed by atoms with Crippen LogP contribution in [0, 0.1) is 24.0 Å². The summed E-state index contributed by atoms with van der Waals surface area (Å²) in [5.41, 5.74) is 2.27. The van der Waals surface area contributed by atoms with Crippen molar-refractivity contribution in [2.75, 3.05) is 11.1 Å². The maximum atomic E-state index is 12.0. The number of nitrogens with zero attached hydrogens (tertiary/aromatic N) is 1. The molecule has 0 heterocycles. The highest BCUT2D eigenvalue weighted by atomic mass is 35.5. The molecule has 0 spiro atoms. The number of hydrogen-bond donors (Lipinski definition) is 1. The van der Waals surface area contributed by atoms with E-state index in [0.717, 1.165) is 10.5 Å². The molecule has 1 amide bonds. The molecule has 0 saturated heterocycles. The third-order valence-electron chi connectivity index (χ3n) is 3.28. The zero-order valence-corrected chi connectivity index (χ0v) is 14.2. The summed E-state index contributed by atoms with van der Waals surface area (Å²) in [6.45, 7) is 4.03. The van der Waals surface area contributed by atoms with Gasteiger partial charge in [-0.25, -0.2) is 0 Å². The van der Waals surface area contributed by atoms with Crippen molar-refractivity contribution in [2.24, 2.45) is 0 Å². The van der Waals surface area contributed by atoms with E-state index in [-0.39, 0.29) is 23.0 Å². The van der Waals surface area contributed by atoms with Crippen LogP contribution in [0.15, 0.2) is 41.3 Å². The minimum absolute atomic E-state index is 0.105. The average molecular weight is 351 g/mol. The molecule has 120 valence electrons. The van der Waals surface area contributed by atoms with Crippen molar-refractivity contribution in [1.82, 2.24) is 0 Å². The number of carbonyl (C=O) groups excluding carboxylic acids is 1. The van der Waals surface area contributed by atoms with E-state index < -0.39 is 4.92 Å². The number of nitro groups is 1. The molecule has 1 N–H and O–H groups in total. The van der Waals surface area contributed by atoms with Crippen LogP contribution in [0.1, 0.15) is 11.1 Å². The average Bonchev–Trinajstić information content (AvgIpc) is 2.48. The fourth-order valence-electron chi connectivity index (χ4n) is 1.91. The maximum absolute atomic E-state index is 12.0. The second kappa shape index (κ2) is 7.48. The monoisotopic (exact) mass is 350 g/mol. The van der Waals surface area contributed by atoms with E-state index in [9.17, 15) is 14.9 Å². The number of nitro benzene ring substituents is 1. The number of nitrogens with one attached hydrogen (secondary N) is 1. The lowest BCUT2D eigenvalue weighted by Gasteiger charge is -2.07. The molecule has 23 heavy (non-hydrogen) atoms. The van der Waals surface area contributed by atoms with E-state index >= 15 is 0 Å². The molecule has 0 aliphatic carbocycles. The van der Waals surface area contributed by atoms with Gasteiger partial charge in [0.05, 0.1) is 10.7 Å². The first-order valence-corrected chi connectivity index (χ1v) is 8.17. The fraction of sp³-hybridized carbons (Fsp3) is 0.188. The summed E-state index contributed by atoms with van der Waals surface area (Å²) in [5, 5.41) is 13.8. The topological polar surface area (TPSA) is 72.2 Å². The number of thioether (sulfide) groups is 1. The van der Waals surface area contributed by atoms with Gasteiger partial charge in [0, 0.05) is 16.0 Å². The van der Waals surface area contributed by atoms with Crippen LogP contribution in [0.3, 0.4) is 0 Å². The Bertz CT molecular complexity index is 765. The lowest BCUT2D eigenvalue weighted by Crippen LogP contribution is -2.15. The first-order chi connectivity index (χ1) is 10.9.